The molecule has 0 aliphatic rings. The van der Waals surface area contributed by atoms with Gasteiger partial charge in [-0.25, -0.2) is 4.98 Å². The number of rotatable bonds is 3. The first-order chi connectivity index (χ1) is 9.35. The number of nitrogens with zero attached hydrogens (tertiary/aromatic N) is 1. The van der Waals surface area contributed by atoms with Gasteiger partial charge in [0.05, 0.1) is 5.52 Å². The summed E-state index contributed by atoms with van der Waals surface area (Å²) >= 11 is 0. The van der Waals surface area contributed by atoms with E-state index in [1.165, 1.54) is 5.56 Å². The molecule has 0 aliphatic carbocycles. The second-order valence-electron chi connectivity index (χ2n) is 4.44. The zero-order valence-corrected chi connectivity index (χ0v) is 10.8. The Hall–Kier alpha value is -2.35. The van der Waals surface area contributed by atoms with Crippen LogP contribution in [0.1, 0.15) is 12.5 Å². The Kier molecular flexibility index (Phi) is 3.15. The molecule has 2 nitrogen and oxygen atoms in total. The molecule has 19 heavy (non-hydrogen) atoms. The molecule has 2 heteroatoms. The van der Waals surface area contributed by atoms with Crippen LogP contribution in [0.3, 0.4) is 0 Å². The second kappa shape index (κ2) is 5.11. The molecule has 0 saturated heterocycles. The molecule has 0 radical (unpaired) electrons. The van der Waals surface area contributed by atoms with Crippen molar-refractivity contribution in [3.8, 4) is 11.6 Å². The van der Waals surface area contributed by atoms with Gasteiger partial charge in [-0.05, 0) is 36.2 Å². The Morgan fingerprint density at radius 3 is 2.47 bits per heavy atom. The minimum atomic E-state index is 0.628. The van der Waals surface area contributed by atoms with E-state index in [0.717, 1.165) is 23.1 Å². The van der Waals surface area contributed by atoms with Gasteiger partial charge >= 0.3 is 0 Å². The van der Waals surface area contributed by atoms with E-state index in [1.54, 1.807) is 0 Å². The highest BCUT2D eigenvalue weighted by Crippen LogP contribution is 2.22. The molecule has 0 fully saturated rings. The monoisotopic (exact) mass is 249 g/mol. The Morgan fingerprint density at radius 1 is 0.895 bits per heavy atom. The zero-order valence-electron chi connectivity index (χ0n) is 10.8. The lowest BCUT2D eigenvalue weighted by molar-refractivity contribution is 0.465. The molecule has 3 rings (SSSR count). The van der Waals surface area contributed by atoms with Crippen molar-refractivity contribution in [3.05, 3.63) is 66.2 Å². The maximum absolute atomic E-state index is 5.77. The van der Waals surface area contributed by atoms with E-state index in [4.69, 9.17) is 4.74 Å². The molecule has 94 valence electrons. The Bertz CT molecular complexity index is 689. The molecule has 1 heterocycles. The summed E-state index contributed by atoms with van der Waals surface area (Å²) < 4.78 is 5.77. The maximum atomic E-state index is 5.77. The highest BCUT2D eigenvalue weighted by molar-refractivity contribution is 5.78. The van der Waals surface area contributed by atoms with Gasteiger partial charge in [-0.3, -0.25) is 0 Å². The molecule has 0 unspecified atom stereocenters. The van der Waals surface area contributed by atoms with Crippen molar-refractivity contribution in [2.45, 2.75) is 13.3 Å². The van der Waals surface area contributed by atoms with Crippen LogP contribution in [0, 0.1) is 0 Å². The topological polar surface area (TPSA) is 22.1 Å². The van der Waals surface area contributed by atoms with Crippen LogP contribution in [0.15, 0.2) is 60.7 Å². The van der Waals surface area contributed by atoms with E-state index in [0.29, 0.717) is 5.88 Å². The third kappa shape index (κ3) is 2.58. The summed E-state index contributed by atoms with van der Waals surface area (Å²) in [4.78, 5) is 4.49. The van der Waals surface area contributed by atoms with E-state index in [1.807, 2.05) is 48.5 Å². The number of pyridine rings is 1. The predicted molar refractivity (Wildman–Crippen MR) is 77.6 cm³/mol. The lowest BCUT2D eigenvalue weighted by Crippen LogP contribution is -1.89. The molecule has 0 spiro atoms. The fourth-order valence-electron chi connectivity index (χ4n) is 2.02. The zero-order chi connectivity index (χ0) is 13.1. The van der Waals surface area contributed by atoms with E-state index in [2.05, 4.69) is 24.0 Å². The molecular weight excluding hydrogens is 234 g/mol. The Morgan fingerprint density at radius 2 is 1.68 bits per heavy atom. The SMILES string of the molecule is CCc1ccc(Oc2ccc3ccccc3n2)cc1. The van der Waals surface area contributed by atoms with Gasteiger partial charge < -0.3 is 4.74 Å². The fourth-order valence-corrected chi connectivity index (χ4v) is 2.02. The number of aryl methyl sites for hydroxylation is 1. The van der Waals surface area contributed by atoms with Crippen LogP contribution in [-0.4, -0.2) is 4.98 Å². The highest BCUT2D eigenvalue weighted by Gasteiger charge is 2.00. The maximum Gasteiger partial charge on any atom is 0.219 e. The van der Waals surface area contributed by atoms with Crippen LogP contribution in [0.2, 0.25) is 0 Å². The summed E-state index contributed by atoms with van der Waals surface area (Å²) in [6.07, 6.45) is 1.04. The summed E-state index contributed by atoms with van der Waals surface area (Å²) in [5.74, 6) is 1.45. The van der Waals surface area contributed by atoms with E-state index < -0.39 is 0 Å². The number of aromatic nitrogens is 1. The van der Waals surface area contributed by atoms with Crippen molar-refractivity contribution in [3.63, 3.8) is 0 Å². The standard InChI is InChI=1S/C17H15NO/c1-2-13-7-10-15(11-8-13)19-17-12-9-14-5-3-4-6-16(14)18-17/h3-12H,2H2,1H3. The van der Waals surface area contributed by atoms with Crippen LogP contribution in [0.25, 0.3) is 10.9 Å². The van der Waals surface area contributed by atoms with Gasteiger partial charge in [0.15, 0.2) is 0 Å². The Labute approximate surface area is 112 Å². The molecule has 0 saturated carbocycles. The normalized spacial score (nSPS) is 10.6. The third-order valence-corrected chi connectivity index (χ3v) is 3.13. The molecule has 0 atom stereocenters. The van der Waals surface area contributed by atoms with Gasteiger partial charge in [-0.1, -0.05) is 37.3 Å². The minimum Gasteiger partial charge on any atom is -0.439 e. The average Bonchev–Trinajstić information content (AvgIpc) is 2.48. The van der Waals surface area contributed by atoms with Crippen LogP contribution in [-0.2, 0) is 6.42 Å². The van der Waals surface area contributed by atoms with Crippen LogP contribution < -0.4 is 4.74 Å². The number of ether oxygens (including phenoxy) is 1. The fraction of sp³-hybridized carbons (Fsp3) is 0.118. The molecule has 0 amide bonds. The first-order valence-electron chi connectivity index (χ1n) is 6.48. The number of fused-ring (bicyclic) bond motifs is 1. The number of para-hydroxylation sites is 1. The largest absolute Gasteiger partial charge is 0.439 e. The second-order valence-corrected chi connectivity index (χ2v) is 4.44. The smallest absolute Gasteiger partial charge is 0.219 e. The van der Waals surface area contributed by atoms with Crippen molar-refractivity contribution in [2.75, 3.05) is 0 Å². The third-order valence-electron chi connectivity index (χ3n) is 3.13. The Balaban J connectivity index is 1.87. The van der Waals surface area contributed by atoms with Crippen molar-refractivity contribution < 1.29 is 4.74 Å². The molecular formula is C17H15NO. The molecule has 0 bridgehead atoms. The lowest BCUT2D eigenvalue weighted by atomic mass is 10.2. The van der Waals surface area contributed by atoms with Crippen molar-refractivity contribution in [1.82, 2.24) is 4.98 Å². The van der Waals surface area contributed by atoms with Crippen LogP contribution >= 0.6 is 0 Å². The van der Waals surface area contributed by atoms with Gasteiger partial charge in [0, 0.05) is 11.5 Å². The van der Waals surface area contributed by atoms with Crippen molar-refractivity contribution in [2.24, 2.45) is 0 Å². The van der Waals surface area contributed by atoms with Gasteiger partial charge in [0.1, 0.15) is 5.75 Å². The van der Waals surface area contributed by atoms with Crippen molar-refractivity contribution in [1.29, 1.82) is 0 Å². The summed E-state index contributed by atoms with van der Waals surface area (Å²) in [6, 6.07) is 20.1. The lowest BCUT2D eigenvalue weighted by Gasteiger charge is -2.06. The summed E-state index contributed by atoms with van der Waals surface area (Å²) in [7, 11) is 0. The highest BCUT2D eigenvalue weighted by atomic mass is 16.5. The van der Waals surface area contributed by atoms with E-state index >= 15 is 0 Å². The number of hydrogen-bond donors (Lipinski definition) is 0. The van der Waals surface area contributed by atoms with Crippen LogP contribution in [0.4, 0.5) is 0 Å². The quantitative estimate of drug-likeness (QED) is 0.677. The average molecular weight is 249 g/mol. The number of hydrogen-bond acceptors (Lipinski definition) is 2. The van der Waals surface area contributed by atoms with Crippen LogP contribution in [0.5, 0.6) is 11.6 Å². The first-order valence-corrected chi connectivity index (χ1v) is 6.48. The molecule has 2 aromatic carbocycles. The molecule has 1 aromatic heterocycles. The number of benzene rings is 2. The van der Waals surface area contributed by atoms with E-state index in [9.17, 15) is 0 Å². The van der Waals surface area contributed by atoms with Gasteiger partial charge in [0.2, 0.25) is 5.88 Å². The summed E-state index contributed by atoms with van der Waals surface area (Å²) in [5.41, 5.74) is 2.25. The minimum absolute atomic E-state index is 0.628. The first kappa shape index (κ1) is 11.7. The molecule has 0 aliphatic heterocycles. The van der Waals surface area contributed by atoms with Gasteiger partial charge in [-0.15, -0.1) is 0 Å². The van der Waals surface area contributed by atoms with E-state index in [-0.39, 0.29) is 0 Å². The summed E-state index contributed by atoms with van der Waals surface area (Å²) in [5, 5.41) is 1.12. The van der Waals surface area contributed by atoms with Gasteiger partial charge in [0.25, 0.3) is 0 Å². The molecule has 0 N–H and O–H groups in total. The predicted octanol–water partition coefficient (Wildman–Crippen LogP) is 4.59. The molecule has 3 aromatic rings. The van der Waals surface area contributed by atoms with Gasteiger partial charge in [-0.2, -0.15) is 0 Å². The summed E-state index contributed by atoms with van der Waals surface area (Å²) in [6.45, 7) is 2.14. The van der Waals surface area contributed by atoms with Crippen molar-refractivity contribution >= 4 is 10.9 Å².